The Kier molecular flexibility index (Phi) is 5.79. The molecule has 0 amide bonds. The molecule has 0 aliphatic heterocycles. The number of hydrogen-bond acceptors (Lipinski definition) is 4. The van der Waals surface area contributed by atoms with Crippen molar-refractivity contribution >= 4 is 45.6 Å². The van der Waals surface area contributed by atoms with E-state index in [-0.39, 0.29) is 0 Å². The first-order chi connectivity index (χ1) is 17.7. The summed E-state index contributed by atoms with van der Waals surface area (Å²) in [5.74, 6) is 0.781. The third kappa shape index (κ3) is 4.39. The highest BCUT2D eigenvalue weighted by Gasteiger charge is 2.10. The zero-order chi connectivity index (χ0) is 24.5. The van der Waals surface area contributed by atoms with E-state index < -0.39 is 0 Å². The minimum Gasteiger partial charge on any atom is -0.343 e. The van der Waals surface area contributed by atoms with Gasteiger partial charge < -0.3 is 4.57 Å². The molecule has 0 aliphatic carbocycles. The second-order valence-corrected chi connectivity index (χ2v) is 9.12. The Morgan fingerprint density at radius 2 is 1.78 bits per heavy atom. The second kappa shape index (κ2) is 9.40. The van der Waals surface area contributed by atoms with E-state index in [1.165, 1.54) is 10.9 Å². The van der Waals surface area contributed by atoms with Crippen LogP contribution < -0.4 is 0 Å². The van der Waals surface area contributed by atoms with Crippen molar-refractivity contribution in [2.45, 2.75) is 20.0 Å². The molecule has 0 atom stereocenters. The summed E-state index contributed by atoms with van der Waals surface area (Å²) in [7, 11) is 0. The number of halogens is 1. The summed E-state index contributed by atoms with van der Waals surface area (Å²) in [4.78, 5) is 4.72. The normalized spacial score (nSPS) is 11.7. The van der Waals surface area contributed by atoms with Crippen LogP contribution in [0.1, 0.15) is 23.7 Å². The highest BCUT2D eigenvalue weighted by Crippen LogP contribution is 2.25. The van der Waals surface area contributed by atoms with Crippen molar-refractivity contribution < 1.29 is 0 Å². The molecule has 6 aromatic rings. The number of rotatable bonds is 6. The molecule has 6 nitrogen and oxygen atoms in total. The Morgan fingerprint density at radius 3 is 2.69 bits per heavy atom. The quantitative estimate of drug-likeness (QED) is 0.259. The zero-order valence-electron chi connectivity index (χ0n) is 19.7. The van der Waals surface area contributed by atoms with E-state index in [0.717, 1.165) is 52.2 Å². The maximum atomic E-state index is 6.13. The third-order valence-corrected chi connectivity index (χ3v) is 6.52. The van der Waals surface area contributed by atoms with Crippen LogP contribution in [0.25, 0.3) is 45.3 Å². The van der Waals surface area contributed by atoms with Crippen LogP contribution in [-0.2, 0) is 13.1 Å². The van der Waals surface area contributed by atoms with Gasteiger partial charge >= 0.3 is 0 Å². The van der Waals surface area contributed by atoms with Crippen molar-refractivity contribution in [1.29, 1.82) is 0 Å². The maximum Gasteiger partial charge on any atom is 0.182 e. The van der Waals surface area contributed by atoms with E-state index in [2.05, 4.69) is 87.0 Å². The van der Waals surface area contributed by atoms with Crippen LogP contribution in [-0.4, -0.2) is 29.8 Å². The number of fused-ring (bicyclic) bond motifs is 2. The number of aryl methyl sites for hydroxylation is 1. The van der Waals surface area contributed by atoms with E-state index in [1.54, 1.807) is 0 Å². The molecule has 0 saturated carbocycles. The summed E-state index contributed by atoms with van der Waals surface area (Å²) in [6.07, 6.45) is 6.26. The van der Waals surface area contributed by atoms with Gasteiger partial charge in [0.15, 0.2) is 5.82 Å². The SMILES string of the molecule is CCn1nnnc1-c1ccc2ccn(Cc3cccc(/C=C/c4ccc5ccc(Cl)cc5n4)c3)c2c1. The molecule has 176 valence electrons. The van der Waals surface area contributed by atoms with E-state index in [4.69, 9.17) is 16.6 Å². The first-order valence-electron chi connectivity index (χ1n) is 11.8. The van der Waals surface area contributed by atoms with Gasteiger partial charge in [0.1, 0.15) is 0 Å². The Bertz CT molecular complexity index is 1730. The molecule has 0 aliphatic rings. The fraction of sp³-hybridized carbons (Fsp3) is 0.103. The Morgan fingerprint density at radius 1 is 0.889 bits per heavy atom. The fourth-order valence-corrected chi connectivity index (χ4v) is 4.62. The lowest BCUT2D eigenvalue weighted by Gasteiger charge is -2.08. The Labute approximate surface area is 213 Å². The molecule has 36 heavy (non-hydrogen) atoms. The molecule has 3 aromatic carbocycles. The molecule has 7 heteroatoms. The average molecular weight is 491 g/mol. The molecular formula is C29H23ClN6. The number of aromatic nitrogens is 6. The van der Waals surface area contributed by atoms with Gasteiger partial charge in [-0.05, 0) is 76.3 Å². The average Bonchev–Trinajstić information content (AvgIpc) is 3.54. The van der Waals surface area contributed by atoms with E-state index >= 15 is 0 Å². The summed E-state index contributed by atoms with van der Waals surface area (Å²) in [6.45, 7) is 3.53. The summed E-state index contributed by atoms with van der Waals surface area (Å²) in [6, 6.07) is 26.9. The maximum absolute atomic E-state index is 6.13. The van der Waals surface area contributed by atoms with Crippen LogP contribution in [0.4, 0.5) is 0 Å². The van der Waals surface area contributed by atoms with Crippen LogP contribution in [0.2, 0.25) is 5.02 Å². The van der Waals surface area contributed by atoms with Crippen molar-refractivity contribution in [3.05, 3.63) is 107 Å². The zero-order valence-corrected chi connectivity index (χ0v) is 20.5. The Hall–Kier alpha value is -4.29. The lowest BCUT2D eigenvalue weighted by Crippen LogP contribution is -2.01. The lowest BCUT2D eigenvalue weighted by atomic mass is 10.1. The van der Waals surface area contributed by atoms with Crippen molar-refractivity contribution in [1.82, 2.24) is 29.8 Å². The fourth-order valence-electron chi connectivity index (χ4n) is 4.46. The minimum absolute atomic E-state index is 0.692. The van der Waals surface area contributed by atoms with Crippen LogP contribution >= 0.6 is 11.6 Å². The molecular weight excluding hydrogens is 468 g/mol. The highest BCUT2D eigenvalue weighted by atomic mass is 35.5. The molecule has 0 radical (unpaired) electrons. The standard InChI is InChI=1S/C29H23ClN6/c1-2-36-29(32-33-34-36)24-8-7-23-14-15-35(28(23)17-24)19-21-5-3-4-20(16-21)6-12-26-13-10-22-9-11-25(30)18-27(22)31-26/h3-18H,2,19H2,1H3/b12-6+. The minimum atomic E-state index is 0.692. The first kappa shape index (κ1) is 22.2. The van der Waals surface area contributed by atoms with Gasteiger partial charge in [-0.15, -0.1) is 5.10 Å². The summed E-state index contributed by atoms with van der Waals surface area (Å²) < 4.78 is 4.07. The molecule has 0 N–H and O–H groups in total. The van der Waals surface area contributed by atoms with Gasteiger partial charge in [-0.3, -0.25) is 0 Å². The van der Waals surface area contributed by atoms with E-state index in [1.807, 2.05) is 41.9 Å². The van der Waals surface area contributed by atoms with Gasteiger partial charge in [-0.2, -0.15) is 0 Å². The molecule has 0 fully saturated rings. The van der Waals surface area contributed by atoms with Crippen molar-refractivity contribution in [2.24, 2.45) is 0 Å². The largest absolute Gasteiger partial charge is 0.343 e. The van der Waals surface area contributed by atoms with E-state index in [9.17, 15) is 0 Å². The predicted octanol–water partition coefficient (Wildman–Crippen LogP) is 6.74. The van der Waals surface area contributed by atoms with Crippen molar-refractivity contribution in [3.63, 3.8) is 0 Å². The van der Waals surface area contributed by atoms with E-state index in [0.29, 0.717) is 5.02 Å². The molecule has 0 spiro atoms. The molecule has 3 aromatic heterocycles. The van der Waals surface area contributed by atoms with Crippen LogP contribution in [0.5, 0.6) is 0 Å². The lowest BCUT2D eigenvalue weighted by molar-refractivity contribution is 0.631. The summed E-state index contributed by atoms with van der Waals surface area (Å²) in [5.41, 5.74) is 6.29. The van der Waals surface area contributed by atoms with Gasteiger partial charge in [0.05, 0.1) is 11.2 Å². The number of pyridine rings is 1. The number of nitrogens with zero attached hydrogens (tertiary/aromatic N) is 6. The van der Waals surface area contributed by atoms with Gasteiger partial charge in [-0.1, -0.05) is 60.1 Å². The van der Waals surface area contributed by atoms with Gasteiger partial charge in [0.25, 0.3) is 0 Å². The first-order valence-corrected chi connectivity index (χ1v) is 12.2. The summed E-state index contributed by atoms with van der Waals surface area (Å²) in [5, 5.41) is 15.1. The monoisotopic (exact) mass is 490 g/mol. The van der Waals surface area contributed by atoms with Gasteiger partial charge in [-0.25, -0.2) is 9.67 Å². The van der Waals surface area contributed by atoms with Crippen molar-refractivity contribution in [3.8, 4) is 11.4 Å². The molecule has 0 bridgehead atoms. The van der Waals surface area contributed by atoms with Crippen LogP contribution in [0.3, 0.4) is 0 Å². The second-order valence-electron chi connectivity index (χ2n) is 8.69. The topological polar surface area (TPSA) is 61.4 Å². The molecule has 6 rings (SSSR count). The molecule has 0 saturated heterocycles. The number of tetrazole rings is 1. The van der Waals surface area contributed by atoms with Gasteiger partial charge in [0.2, 0.25) is 0 Å². The van der Waals surface area contributed by atoms with Gasteiger partial charge in [0, 0.05) is 40.8 Å². The number of benzene rings is 3. The van der Waals surface area contributed by atoms with Crippen LogP contribution in [0.15, 0.2) is 85.1 Å². The molecule has 0 unspecified atom stereocenters. The predicted molar refractivity (Wildman–Crippen MR) is 146 cm³/mol. The Balaban J connectivity index is 1.26. The third-order valence-electron chi connectivity index (χ3n) is 6.29. The smallest absolute Gasteiger partial charge is 0.182 e. The molecule has 3 heterocycles. The highest BCUT2D eigenvalue weighted by molar-refractivity contribution is 6.31. The van der Waals surface area contributed by atoms with Crippen LogP contribution in [0, 0.1) is 0 Å². The summed E-state index contributed by atoms with van der Waals surface area (Å²) >= 11 is 6.13. The van der Waals surface area contributed by atoms with Crippen molar-refractivity contribution in [2.75, 3.05) is 0 Å². The number of hydrogen-bond donors (Lipinski definition) is 0.